The first-order chi connectivity index (χ1) is 11.0. The number of rotatable bonds is 5. The van der Waals surface area contributed by atoms with Gasteiger partial charge in [0.1, 0.15) is 11.6 Å². The van der Waals surface area contributed by atoms with Gasteiger partial charge in [-0.25, -0.2) is 8.78 Å². The average Bonchev–Trinajstić information content (AvgIpc) is 2.54. The van der Waals surface area contributed by atoms with Crippen LogP contribution in [0.4, 0.5) is 8.78 Å². The van der Waals surface area contributed by atoms with Crippen LogP contribution in [0.25, 0.3) is 12.2 Å². The minimum Gasteiger partial charge on any atom is -0.496 e. The molecule has 2 rings (SSSR count). The number of ether oxygens (including phenoxy) is 2. The minimum absolute atomic E-state index is 0.0407. The van der Waals surface area contributed by atoms with Crippen molar-refractivity contribution in [3.63, 3.8) is 0 Å². The van der Waals surface area contributed by atoms with Crippen LogP contribution in [0, 0.1) is 11.6 Å². The third-order valence-corrected chi connectivity index (χ3v) is 3.60. The maximum Gasteiger partial charge on any atom is 0.172 e. The zero-order valence-electron chi connectivity index (χ0n) is 13.7. The zero-order valence-corrected chi connectivity index (χ0v) is 13.7. The van der Waals surface area contributed by atoms with Crippen LogP contribution in [0.1, 0.15) is 36.5 Å². The van der Waals surface area contributed by atoms with Gasteiger partial charge in [0.15, 0.2) is 11.6 Å². The van der Waals surface area contributed by atoms with Crippen LogP contribution < -0.4 is 9.47 Å². The van der Waals surface area contributed by atoms with Crippen molar-refractivity contribution in [3.8, 4) is 11.5 Å². The second-order valence-corrected chi connectivity index (χ2v) is 5.44. The molecule has 0 heterocycles. The van der Waals surface area contributed by atoms with E-state index in [1.165, 1.54) is 32.4 Å². The van der Waals surface area contributed by atoms with Crippen molar-refractivity contribution >= 4 is 12.2 Å². The molecule has 0 saturated carbocycles. The molecule has 4 heteroatoms. The summed E-state index contributed by atoms with van der Waals surface area (Å²) in [5, 5.41) is 0. The van der Waals surface area contributed by atoms with Crippen LogP contribution in [0.5, 0.6) is 11.5 Å². The summed E-state index contributed by atoms with van der Waals surface area (Å²) in [4.78, 5) is 0. The summed E-state index contributed by atoms with van der Waals surface area (Å²) in [5.41, 5.74) is 1.35. The Hall–Kier alpha value is -2.36. The molecule has 2 nitrogen and oxygen atoms in total. The first-order valence-electron chi connectivity index (χ1n) is 7.36. The molecule has 0 aliphatic rings. The highest BCUT2D eigenvalue weighted by Crippen LogP contribution is 2.39. The second-order valence-electron chi connectivity index (χ2n) is 5.44. The van der Waals surface area contributed by atoms with E-state index in [1.54, 1.807) is 24.3 Å². The van der Waals surface area contributed by atoms with Gasteiger partial charge in [-0.15, -0.1) is 0 Å². The molecule has 23 heavy (non-hydrogen) atoms. The van der Waals surface area contributed by atoms with Crippen LogP contribution >= 0.6 is 0 Å². The molecule has 0 aliphatic heterocycles. The SMILES string of the molecule is COc1cc(/C=C/c2ccccc2F)c(F)c(OC)c1C(C)C. The molecule has 0 fully saturated rings. The van der Waals surface area contributed by atoms with Gasteiger partial charge < -0.3 is 9.47 Å². The quantitative estimate of drug-likeness (QED) is 0.699. The Kier molecular flexibility index (Phi) is 5.37. The lowest BCUT2D eigenvalue weighted by atomic mass is 9.97. The van der Waals surface area contributed by atoms with Gasteiger partial charge in [0.05, 0.1) is 14.2 Å². The molecule has 0 unspecified atom stereocenters. The molecule has 0 spiro atoms. The Morgan fingerprint density at radius 3 is 2.17 bits per heavy atom. The summed E-state index contributed by atoms with van der Waals surface area (Å²) in [6.45, 7) is 3.88. The Morgan fingerprint density at radius 1 is 0.957 bits per heavy atom. The van der Waals surface area contributed by atoms with Gasteiger partial charge in [-0.3, -0.25) is 0 Å². The van der Waals surface area contributed by atoms with E-state index < -0.39 is 5.82 Å². The van der Waals surface area contributed by atoms with Crippen molar-refractivity contribution in [1.29, 1.82) is 0 Å². The summed E-state index contributed by atoms with van der Waals surface area (Å²) in [6.07, 6.45) is 3.05. The first kappa shape index (κ1) is 17.0. The molecule has 0 radical (unpaired) electrons. The van der Waals surface area contributed by atoms with E-state index in [1.807, 2.05) is 13.8 Å². The van der Waals surface area contributed by atoms with E-state index in [9.17, 15) is 8.78 Å². The smallest absolute Gasteiger partial charge is 0.172 e. The maximum absolute atomic E-state index is 14.7. The van der Waals surface area contributed by atoms with Gasteiger partial charge in [-0.2, -0.15) is 0 Å². The summed E-state index contributed by atoms with van der Waals surface area (Å²) >= 11 is 0. The molecular formula is C19H20F2O2. The molecule has 0 N–H and O–H groups in total. The van der Waals surface area contributed by atoms with Crippen molar-refractivity contribution < 1.29 is 18.3 Å². The summed E-state index contributed by atoms with van der Waals surface area (Å²) in [7, 11) is 2.96. The fourth-order valence-electron chi connectivity index (χ4n) is 2.47. The molecule has 0 aliphatic carbocycles. The molecular weight excluding hydrogens is 298 g/mol. The van der Waals surface area contributed by atoms with Crippen molar-refractivity contribution in [3.05, 3.63) is 58.7 Å². The Morgan fingerprint density at radius 2 is 1.61 bits per heavy atom. The molecule has 0 amide bonds. The number of halogens is 2. The predicted octanol–water partition coefficient (Wildman–Crippen LogP) is 5.28. The monoisotopic (exact) mass is 318 g/mol. The van der Waals surface area contributed by atoms with Crippen LogP contribution in [0.2, 0.25) is 0 Å². The summed E-state index contributed by atoms with van der Waals surface area (Å²) < 4.78 is 38.9. The fraction of sp³-hybridized carbons (Fsp3) is 0.263. The zero-order chi connectivity index (χ0) is 17.0. The predicted molar refractivity (Wildman–Crippen MR) is 88.9 cm³/mol. The molecule has 122 valence electrons. The van der Waals surface area contributed by atoms with Crippen LogP contribution in [-0.4, -0.2) is 14.2 Å². The normalized spacial score (nSPS) is 11.3. The van der Waals surface area contributed by atoms with Gasteiger partial charge >= 0.3 is 0 Å². The third kappa shape index (κ3) is 3.52. The first-order valence-corrected chi connectivity index (χ1v) is 7.36. The molecule has 0 atom stereocenters. The Balaban J connectivity index is 2.53. The van der Waals surface area contributed by atoms with E-state index >= 15 is 0 Å². The largest absolute Gasteiger partial charge is 0.496 e. The van der Waals surface area contributed by atoms with Crippen molar-refractivity contribution in [2.45, 2.75) is 19.8 Å². The van der Waals surface area contributed by atoms with Crippen LogP contribution in [-0.2, 0) is 0 Å². The van der Waals surface area contributed by atoms with Gasteiger partial charge in [0, 0.05) is 16.7 Å². The molecule has 0 saturated heterocycles. The number of benzene rings is 2. The molecule has 2 aromatic rings. The van der Waals surface area contributed by atoms with E-state index in [-0.39, 0.29) is 23.0 Å². The highest BCUT2D eigenvalue weighted by atomic mass is 19.1. The summed E-state index contributed by atoms with van der Waals surface area (Å²) in [6, 6.07) is 7.92. The van der Waals surface area contributed by atoms with Crippen LogP contribution in [0.15, 0.2) is 30.3 Å². The highest BCUT2D eigenvalue weighted by Gasteiger charge is 2.21. The van der Waals surface area contributed by atoms with E-state index in [0.717, 1.165) is 0 Å². The number of hydrogen-bond donors (Lipinski definition) is 0. The maximum atomic E-state index is 14.7. The molecule has 0 bridgehead atoms. The van der Waals surface area contributed by atoms with Gasteiger partial charge in [0.2, 0.25) is 0 Å². The van der Waals surface area contributed by atoms with E-state index in [4.69, 9.17) is 9.47 Å². The van der Waals surface area contributed by atoms with Gasteiger partial charge in [-0.05, 0) is 18.1 Å². The van der Waals surface area contributed by atoms with Crippen molar-refractivity contribution in [2.24, 2.45) is 0 Å². The van der Waals surface area contributed by atoms with Crippen molar-refractivity contribution in [1.82, 2.24) is 0 Å². The second kappa shape index (κ2) is 7.27. The average molecular weight is 318 g/mol. The Bertz CT molecular complexity index is 722. The lowest BCUT2D eigenvalue weighted by Crippen LogP contribution is -2.03. The number of methoxy groups -OCH3 is 2. The van der Waals surface area contributed by atoms with E-state index in [0.29, 0.717) is 16.9 Å². The topological polar surface area (TPSA) is 18.5 Å². The lowest BCUT2D eigenvalue weighted by Gasteiger charge is -2.18. The van der Waals surface area contributed by atoms with Gasteiger partial charge in [-0.1, -0.05) is 44.2 Å². The Labute approximate surface area is 135 Å². The molecule has 2 aromatic carbocycles. The van der Waals surface area contributed by atoms with Crippen molar-refractivity contribution in [2.75, 3.05) is 14.2 Å². The molecule has 0 aromatic heterocycles. The van der Waals surface area contributed by atoms with Gasteiger partial charge in [0.25, 0.3) is 0 Å². The van der Waals surface area contributed by atoms with E-state index in [2.05, 4.69) is 0 Å². The number of hydrogen-bond acceptors (Lipinski definition) is 2. The van der Waals surface area contributed by atoms with Crippen LogP contribution in [0.3, 0.4) is 0 Å². The minimum atomic E-state index is -0.482. The summed E-state index contributed by atoms with van der Waals surface area (Å²) in [5.74, 6) is -0.0931. The lowest BCUT2D eigenvalue weighted by molar-refractivity contribution is 0.362. The highest BCUT2D eigenvalue weighted by molar-refractivity contribution is 5.72. The standard InChI is InChI=1S/C19H20F2O2/c1-12(2)17-16(22-3)11-14(18(21)19(17)23-4)10-9-13-7-5-6-8-15(13)20/h5-12H,1-4H3/b10-9+. The third-order valence-electron chi connectivity index (χ3n) is 3.60. The fourth-order valence-corrected chi connectivity index (χ4v) is 2.47.